The SMILES string of the molecule is CCc1cn(C)nc1OCc1ccccc1. The highest BCUT2D eigenvalue weighted by Gasteiger charge is 2.06. The highest BCUT2D eigenvalue weighted by Crippen LogP contribution is 2.17. The quantitative estimate of drug-likeness (QED) is 0.785. The Hall–Kier alpha value is -1.77. The van der Waals surface area contributed by atoms with E-state index in [2.05, 4.69) is 24.2 Å². The second kappa shape index (κ2) is 4.84. The number of hydrogen-bond donors (Lipinski definition) is 0. The molecule has 2 aromatic rings. The molecule has 0 aliphatic carbocycles. The molecule has 0 unspecified atom stereocenters. The fraction of sp³-hybridized carbons (Fsp3) is 0.308. The van der Waals surface area contributed by atoms with Gasteiger partial charge in [0.2, 0.25) is 5.88 Å². The summed E-state index contributed by atoms with van der Waals surface area (Å²) in [5.41, 5.74) is 2.31. The van der Waals surface area contributed by atoms with E-state index in [1.165, 1.54) is 0 Å². The highest BCUT2D eigenvalue weighted by atomic mass is 16.5. The molecule has 0 aliphatic rings. The van der Waals surface area contributed by atoms with E-state index in [0.717, 1.165) is 23.4 Å². The van der Waals surface area contributed by atoms with Crippen molar-refractivity contribution in [3.63, 3.8) is 0 Å². The van der Waals surface area contributed by atoms with Gasteiger partial charge in [-0.25, -0.2) is 0 Å². The summed E-state index contributed by atoms with van der Waals surface area (Å²) in [5.74, 6) is 0.744. The molecule has 1 aromatic heterocycles. The Bertz CT molecular complexity index is 448. The van der Waals surface area contributed by atoms with Crippen LogP contribution in [0.4, 0.5) is 0 Å². The molecule has 0 N–H and O–H groups in total. The molecular weight excluding hydrogens is 200 g/mol. The summed E-state index contributed by atoms with van der Waals surface area (Å²) in [6, 6.07) is 10.1. The topological polar surface area (TPSA) is 27.1 Å². The Balaban J connectivity index is 2.04. The van der Waals surface area contributed by atoms with Gasteiger partial charge < -0.3 is 4.74 Å². The van der Waals surface area contributed by atoms with Crippen molar-refractivity contribution in [2.45, 2.75) is 20.0 Å². The van der Waals surface area contributed by atoms with Gasteiger partial charge in [0.25, 0.3) is 0 Å². The zero-order valence-corrected chi connectivity index (χ0v) is 9.68. The number of aryl methyl sites for hydroxylation is 2. The highest BCUT2D eigenvalue weighted by molar-refractivity contribution is 5.23. The van der Waals surface area contributed by atoms with E-state index in [1.54, 1.807) is 4.68 Å². The molecule has 3 nitrogen and oxygen atoms in total. The van der Waals surface area contributed by atoms with Gasteiger partial charge in [0.05, 0.1) is 0 Å². The van der Waals surface area contributed by atoms with Crippen LogP contribution in [0.1, 0.15) is 18.1 Å². The Morgan fingerprint density at radius 1 is 1.25 bits per heavy atom. The van der Waals surface area contributed by atoms with E-state index < -0.39 is 0 Å². The molecule has 0 radical (unpaired) electrons. The van der Waals surface area contributed by atoms with Crippen molar-refractivity contribution in [2.24, 2.45) is 7.05 Å². The Kier molecular flexibility index (Phi) is 3.25. The van der Waals surface area contributed by atoms with Gasteiger partial charge >= 0.3 is 0 Å². The molecule has 0 spiro atoms. The van der Waals surface area contributed by atoms with Crippen molar-refractivity contribution in [2.75, 3.05) is 0 Å². The first kappa shape index (κ1) is 10.7. The van der Waals surface area contributed by atoms with Crippen LogP contribution in [0.15, 0.2) is 36.5 Å². The second-order valence-electron chi connectivity index (χ2n) is 3.76. The number of nitrogens with zero attached hydrogens (tertiary/aromatic N) is 2. The normalized spacial score (nSPS) is 10.4. The predicted octanol–water partition coefficient (Wildman–Crippen LogP) is 2.56. The van der Waals surface area contributed by atoms with Crippen molar-refractivity contribution in [1.29, 1.82) is 0 Å². The lowest BCUT2D eigenvalue weighted by Gasteiger charge is -2.04. The minimum Gasteiger partial charge on any atom is -0.472 e. The van der Waals surface area contributed by atoms with Gasteiger partial charge in [0.1, 0.15) is 6.61 Å². The van der Waals surface area contributed by atoms with Crippen LogP contribution in [0.25, 0.3) is 0 Å². The van der Waals surface area contributed by atoms with Crippen LogP contribution in [-0.2, 0) is 20.1 Å². The van der Waals surface area contributed by atoms with Gasteiger partial charge in [-0.15, -0.1) is 5.10 Å². The van der Waals surface area contributed by atoms with E-state index in [1.807, 2.05) is 31.4 Å². The first-order chi connectivity index (χ1) is 7.79. The lowest BCUT2D eigenvalue weighted by molar-refractivity contribution is 0.288. The van der Waals surface area contributed by atoms with Gasteiger partial charge in [-0.2, -0.15) is 0 Å². The first-order valence-corrected chi connectivity index (χ1v) is 5.49. The molecule has 1 heterocycles. The summed E-state index contributed by atoms with van der Waals surface area (Å²) in [6.07, 6.45) is 2.94. The van der Waals surface area contributed by atoms with Crippen LogP contribution < -0.4 is 4.74 Å². The zero-order chi connectivity index (χ0) is 11.4. The van der Waals surface area contributed by atoms with Gasteiger partial charge in [-0.3, -0.25) is 4.68 Å². The van der Waals surface area contributed by atoms with Crippen molar-refractivity contribution < 1.29 is 4.74 Å². The Morgan fingerprint density at radius 3 is 2.69 bits per heavy atom. The monoisotopic (exact) mass is 216 g/mol. The van der Waals surface area contributed by atoms with Gasteiger partial charge in [0.15, 0.2) is 0 Å². The molecule has 0 saturated heterocycles. The molecule has 0 fully saturated rings. The van der Waals surface area contributed by atoms with Crippen molar-refractivity contribution in [3.8, 4) is 5.88 Å². The molecule has 84 valence electrons. The van der Waals surface area contributed by atoms with Gasteiger partial charge in [0, 0.05) is 18.8 Å². The van der Waals surface area contributed by atoms with Crippen LogP contribution in [0, 0.1) is 0 Å². The van der Waals surface area contributed by atoms with Crippen LogP contribution in [0.5, 0.6) is 5.88 Å². The predicted molar refractivity (Wildman–Crippen MR) is 63.4 cm³/mol. The molecule has 0 bridgehead atoms. The summed E-state index contributed by atoms with van der Waals surface area (Å²) in [5, 5.41) is 4.29. The van der Waals surface area contributed by atoms with Crippen LogP contribution in [0.3, 0.4) is 0 Å². The second-order valence-corrected chi connectivity index (χ2v) is 3.76. The lowest BCUT2D eigenvalue weighted by atomic mass is 10.2. The average Bonchev–Trinajstić information content (AvgIpc) is 2.68. The molecule has 0 atom stereocenters. The minimum atomic E-state index is 0.574. The summed E-state index contributed by atoms with van der Waals surface area (Å²) < 4.78 is 7.49. The average molecular weight is 216 g/mol. The molecule has 16 heavy (non-hydrogen) atoms. The number of aromatic nitrogens is 2. The Labute approximate surface area is 95.7 Å². The van der Waals surface area contributed by atoms with Crippen molar-refractivity contribution in [1.82, 2.24) is 9.78 Å². The van der Waals surface area contributed by atoms with E-state index >= 15 is 0 Å². The van der Waals surface area contributed by atoms with Gasteiger partial charge in [-0.1, -0.05) is 37.3 Å². The van der Waals surface area contributed by atoms with Crippen molar-refractivity contribution >= 4 is 0 Å². The largest absolute Gasteiger partial charge is 0.472 e. The molecular formula is C13H16N2O. The van der Waals surface area contributed by atoms with Gasteiger partial charge in [-0.05, 0) is 12.0 Å². The third kappa shape index (κ3) is 2.42. The van der Waals surface area contributed by atoms with E-state index in [4.69, 9.17) is 4.74 Å². The lowest BCUT2D eigenvalue weighted by Crippen LogP contribution is -1.98. The third-order valence-corrected chi connectivity index (χ3v) is 2.47. The first-order valence-electron chi connectivity index (χ1n) is 5.49. The fourth-order valence-corrected chi connectivity index (χ4v) is 1.61. The smallest absolute Gasteiger partial charge is 0.236 e. The molecule has 0 aliphatic heterocycles. The number of benzene rings is 1. The van der Waals surface area contributed by atoms with Crippen LogP contribution in [0.2, 0.25) is 0 Å². The van der Waals surface area contributed by atoms with Crippen LogP contribution in [-0.4, -0.2) is 9.78 Å². The molecule has 3 heteroatoms. The number of ether oxygens (including phenoxy) is 1. The maximum absolute atomic E-state index is 5.70. The maximum Gasteiger partial charge on any atom is 0.236 e. The molecule has 0 saturated carbocycles. The van der Waals surface area contributed by atoms with Crippen molar-refractivity contribution in [3.05, 3.63) is 47.7 Å². The minimum absolute atomic E-state index is 0.574. The summed E-state index contributed by atoms with van der Waals surface area (Å²) >= 11 is 0. The molecule has 0 amide bonds. The van der Waals surface area contributed by atoms with E-state index in [9.17, 15) is 0 Å². The third-order valence-electron chi connectivity index (χ3n) is 2.47. The van der Waals surface area contributed by atoms with E-state index in [0.29, 0.717) is 6.61 Å². The maximum atomic E-state index is 5.70. The standard InChI is InChI=1S/C13H16N2O/c1-3-12-9-15(2)14-13(12)16-10-11-7-5-4-6-8-11/h4-9H,3,10H2,1-2H3. The molecule has 1 aromatic carbocycles. The number of rotatable bonds is 4. The van der Waals surface area contributed by atoms with Crippen LogP contribution >= 0.6 is 0 Å². The molecule has 2 rings (SSSR count). The number of hydrogen-bond acceptors (Lipinski definition) is 2. The summed E-state index contributed by atoms with van der Waals surface area (Å²) in [4.78, 5) is 0. The Morgan fingerprint density at radius 2 is 2.00 bits per heavy atom. The fourth-order valence-electron chi connectivity index (χ4n) is 1.61. The summed E-state index contributed by atoms with van der Waals surface area (Å²) in [6.45, 7) is 2.68. The van der Waals surface area contributed by atoms with E-state index in [-0.39, 0.29) is 0 Å². The zero-order valence-electron chi connectivity index (χ0n) is 9.68. The summed E-state index contributed by atoms with van der Waals surface area (Å²) in [7, 11) is 1.91.